The second-order valence-corrected chi connectivity index (χ2v) is 3.16. The van der Waals surface area contributed by atoms with Crippen LogP contribution in [-0.4, -0.2) is 16.7 Å². The zero-order valence-electron chi connectivity index (χ0n) is 8.82. The highest BCUT2D eigenvalue weighted by Crippen LogP contribution is 2.14. The fourth-order valence-electron chi connectivity index (χ4n) is 0.951. The van der Waals surface area contributed by atoms with Crippen molar-refractivity contribution >= 4 is 11.6 Å². The molecule has 15 heavy (non-hydrogen) atoms. The fourth-order valence-corrected chi connectivity index (χ4v) is 0.951. The van der Waals surface area contributed by atoms with Gasteiger partial charge in [-0.3, -0.25) is 4.79 Å². The Bertz CT molecular complexity index is 386. The molecule has 0 bridgehead atoms. The van der Waals surface area contributed by atoms with E-state index >= 15 is 0 Å². The van der Waals surface area contributed by atoms with Crippen molar-refractivity contribution in [2.24, 2.45) is 5.10 Å². The van der Waals surface area contributed by atoms with Crippen molar-refractivity contribution in [2.75, 3.05) is 0 Å². The van der Waals surface area contributed by atoms with E-state index in [1.165, 1.54) is 6.07 Å². The molecule has 0 saturated heterocycles. The van der Waals surface area contributed by atoms with Crippen molar-refractivity contribution in [3.05, 3.63) is 29.8 Å². The summed E-state index contributed by atoms with van der Waals surface area (Å²) in [6.07, 6.45) is 0.779. The topological polar surface area (TPSA) is 61.7 Å². The zero-order valence-corrected chi connectivity index (χ0v) is 8.82. The molecular weight excluding hydrogens is 192 g/mol. The Morgan fingerprint density at radius 3 is 2.73 bits per heavy atom. The van der Waals surface area contributed by atoms with Crippen LogP contribution in [0.5, 0.6) is 5.75 Å². The van der Waals surface area contributed by atoms with E-state index in [-0.39, 0.29) is 11.3 Å². The summed E-state index contributed by atoms with van der Waals surface area (Å²) >= 11 is 0. The van der Waals surface area contributed by atoms with Gasteiger partial charge in [0.1, 0.15) is 5.75 Å². The molecule has 0 atom stereocenters. The number of para-hydroxylation sites is 1. The number of nitrogens with zero attached hydrogens (tertiary/aromatic N) is 1. The standard InChI is InChI=1S/C11H14N2O2/c1-3-8(2)12-13-11(15)9-6-4-5-7-10(9)14/h4-7,14H,3H2,1-2H3,(H,13,15). The highest BCUT2D eigenvalue weighted by atomic mass is 16.3. The molecule has 2 N–H and O–H groups in total. The molecule has 1 aromatic carbocycles. The van der Waals surface area contributed by atoms with E-state index in [2.05, 4.69) is 10.5 Å². The lowest BCUT2D eigenvalue weighted by molar-refractivity contribution is 0.0952. The third-order valence-electron chi connectivity index (χ3n) is 2.01. The maximum Gasteiger partial charge on any atom is 0.275 e. The van der Waals surface area contributed by atoms with Crippen LogP contribution >= 0.6 is 0 Å². The van der Waals surface area contributed by atoms with E-state index in [9.17, 15) is 9.90 Å². The van der Waals surface area contributed by atoms with Crippen LogP contribution in [0.4, 0.5) is 0 Å². The molecule has 0 unspecified atom stereocenters. The van der Waals surface area contributed by atoms with Crippen molar-refractivity contribution in [1.82, 2.24) is 5.43 Å². The van der Waals surface area contributed by atoms with Gasteiger partial charge < -0.3 is 5.11 Å². The largest absolute Gasteiger partial charge is 0.507 e. The first-order chi connectivity index (χ1) is 7.15. The summed E-state index contributed by atoms with van der Waals surface area (Å²) in [5.41, 5.74) is 3.44. The minimum absolute atomic E-state index is 0.0423. The zero-order chi connectivity index (χ0) is 11.3. The molecule has 0 saturated carbocycles. The van der Waals surface area contributed by atoms with Crippen molar-refractivity contribution in [3.63, 3.8) is 0 Å². The van der Waals surface area contributed by atoms with Gasteiger partial charge >= 0.3 is 0 Å². The van der Waals surface area contributed by atoms with Crippen LogP contribution in [0.15, 0.2) is 29.4 Å². The van der Waals surface area contributed by atoms with Gasteiger partial charge in [0.05, 0.1) is 5.56 Å². The molecular formula is C11H14N2O2. The number of benzene rings is 1. The number of carbonyl (C=O) groups is 1. The molecule has 80 valence electrons. The predicted molar refractivity (Wildman–Crippen MR) is 59.0 cm³/mol. The van der Waals surface area contributed by atoms with E-state index in [0.29, 0.717) is 0 Å². The van der Waals surface area contributed by atoms with Crippen molar-refractivity contribution in [3.8, 4) is 5.75 Å². The number of phenolic OH excluding ortho intramolecular Hbond substituents is 1. The number of nitrogens with one attached hydrogen (secondary N) is 1. The minimum Gasteiger partial charge on any atom is -0.507 e. The molecule has 0 heterocycles. The van der Waals surface area contributed by atoms with Gasteiger partial charge in [-0.2, -0.15) is 5.10 Å². The molecule has 1 rings (SSSR count). The number of hydrazone groups is 1. The molecule has 4 heteroatoms. The number of aromatic hydroxyl groups is 1. The highest BCUT2D eigenvalue weighted by molar-refractivity contribution is 5.97. The quantitative estimate of drug-likeness (QED) is 0.586. The number of amides is 1. The maximum atomic E-state index is 11.5. The summed E-state index contributed by atoms with van der Waals surface area (Å²) in [6, 6.07) is 6.35. The Morgan fingerprint density at radius 2 is 2.13 bits per heavy atom. The minimum atomic E-state index is -0.402. The smallest absolute Gasteiger partial charge is 0.275 e. The van der Waals surface area contributed by atoms with Crippen LogP contribution in [0.3, 0.4) is 0 Å². The summed E-state index contributed by atoms with van der Waals surface area (Å²) in [6.45, 7) is 3.77. The van der Waals surface area contributed by atoms with E-state index < -0.39 is 5.91 Å². The molecule has 4 nitrogen and oxygen atoms in total. The lowest BCUT2D eigenvalue weighted by Crippen LogP contribution is -2.18. The Morgan fingerprint density at radius 1 is 1.47 bits per heavy atom. The lowest BCUT2D eigenvalue weighted by atomic mass is 10.2. The van der Waals surface area contributed by atoms with Crippen LogP contribution < -0.4 is 5.43 Å². The summed E-state index contributed by atoms with van der Waals surface area (Å²) in [7, 11) is 0. The molecule has 1 aromatic rings. The van der Waals surface area contributed by atoms with E-state index in [4.69, 9.17) is 0 Å². The first kappa shape index (κ1) is 11.2. The van der Waals surface area contributed by atoms with Gasteiger partial charge in [0, 0.05) is 5.71 Å². The molecule has 0 spiro atoms. The Kier molecular flexibility index (Phi) is 3.85. The van der Waals surface area contributed by atoms with Crippen LogP contribution in [-0.2, 0) is 0 Å². The molecule has 1 amide bonds. The third kappa shape index (κ3) is 3.09. The van der Waals surface area contributed by atoms with Crippen LogP contribution in [0, 0.1) is 0 Å². The van der Waals surface area contributed by atoms with E-state index in [1.54, 1.807) is 18.2 Å². The molecule has 0 fully saturated rings. The lowest BCUT2D eigenvalue weighted by Gasteiger charge is -2.02. The SMILES string of the molecule is CCC(C)=NNC(=O)c1ccccc1O. The molecule has 0 aliphatic rings. The van der Waals surface area contributed by atoms with Gasteiger partial charge in [0.15, 0.2) is 0 Å². The average molecular weight is 206 g/mol. The highest BCUT2D eigenvalue weighted by Gasteiger charge is 2.08. The Balaban J connectivity index is 2.74. The predicted octanol–water partition coefficient (Wildman–Crippen LogP) is 1.91. The first-order valence-electron chi connectivity index (χ1n) is 4.76. The maximum absolute atomic E-state index is 11.5. The Labute approximate surface area is 88.6 Å². The summed E-state index contributed by atoms with van der Waals surface area (Å²) in [4.78, 5) is 11.5. The van der Waals surface area contributed by atoms with E-state index in [1.807, 2.05) is 13.8 Å². The number of hydrogen-bond acceptors (Lipinski definition) is 3. The van der Waals surface area contributed by atoms with Crippen LogP contribution in [0.25, 0.3) is 0 Å². The first-order valence-corrected chi connectivity index (χ1v) is 4.76. The number of hydrogen-bond donors (Lipinski definition) is 2. The molecule has 0 aliphatic carbocycles. The van der Waals surface area contributed by atoms with Gasteiger partial charge in [0.2, 0.25) is 0 Å². The van der Waals surface area contributed by atoms with Crippen molar-refractivity contribution in [1.29, 1.82) is 0 Å². The third-order valence-corrected chi connectivity index (χ3v) is 2.01. The summed E-state index contributed by atoms with van der Waals surface area (Å²) < 4.78 is 0. The second kappa shape index (κ2) is 5.14. The summed E-state index contributed by atoms with van der Waals surface area (Å²) in [5.74, 6) is -0.444. The van der Waals surface area contributed by atoms with Gasteiger partial charge in [0.25, 0.3) is 5.91 Å². The van der Waals surface area contributed by atoms with Crippen molar-refractivity contribution in [2.45, 2.75) is 20.3 Å². The second-order valence-electron chi connectivity index (χ2n) is 3.16. The summed E-state index contributed by atoms with van der Waals surface area (Å²) in [5, 5.41) is 13.3. The van der Waals surface area contributed by atoms with Crippen molar-refractivity contribution < 1.29 is 9.90 Å². The van der Waals surface area contributed by atoms with Gasteiger partial charge in [-0.15, -0.1) is 0 Å². The van der Waals surface area contributed by atoms with Gasteiger partial charge in [-0.1, -0.05) is 19.1 Å². The molecule has 0 radical (unpaired) electrons. The molecule has 0 aromatic heterocycles. The fraction of sp³-hybridized carbons (Fsp3) is 0.273. The van der Waals surface area contributed by atoms with Gasteiger partial charge in [-0.05, 0) is 25.5 Å². The molecule has 0 aliphatic heterocycles. The van der Waals surface area contributed by atoms with Crippen LogP contribution in [0.1, 0.15) is 30.6 Å². The van der Waals surface area contributed by atoms with E-state index in [0.717, 1.165) is 12.1 Å². The normalized spacial score (nSPS) is 11.2. The number of phenols is 1. The average Bonchev–Trinajstić information content (AvgIpc) is 2.26. The Hall–Kier alpha value is -1.84. The number of carbonyl (C=O) groups excluding carboxylic acids is 1. The van der Waals surface area contributed by atoms with Crippen LogP contribution in [0.2, 0.25) is 0 Å². The monoisotopic (exact) mass is 206 g/mol. The number of rotatable bonds is 3. The van der Waals surface area contributed by atoms with Gasteiger partial charge in [-0.25, -0.2) is 5.43 Å².